The number of nitrogens with zero attached hydrogens (tertiary/aromatic N) is 2. The molecule has 9 nitrogen and oxygen atoms in total. The maximum atomic E-state index is 11.4. The molecule has 1 atom stereocenters. The number of hydrogen-bond donors (Lipinski definition) is 1. The Labute approximate surface area is 147 Å². The van der Waals surface area contributed by atoms with Crippen LogP contribution in [0.3, 0.4) is 0 Å². The molecule has 0 aliphatic heterocycles. The molecule has 1 N–H and O–H groups in total. The third-order valence-electron chi connectivity index (χ3n) is 3.32. The van der Waals surface area contributed by atoms with Crippen LogP contribution in [0.15, 0.2) is 30.3 Å². The van der Waals surface area contributed by atoms with Crippen molar-refractivity contribution in [2.45, 2.75) is 13.3 Å². The van der Waals surface area contributed by atoms with Gasteiger partial charge < -0.3 is 9.63 Å². The van der Waals surface area contributed by atoms with Gasteiger partial charge in [0.05, 0.1) is 9.85 Å². The summed E-state index contributed by atoms with van der Waals surface area (Å²) >= 11 is 5.74. The van der Waals surface area contributed by atoms with Gasteiger partial charge in [0.2, 0.25) is 13.8 Å². The zero-order chi connectivity index (χ0) is 18.7. The fraction of sp³-hybridized carbons (Fsp3) is 0.143. The van der Waals surface area contributed by atoms with Crippen LogP contribution in [0.1, 0.15) is 12.5 Å². The monoisotopic (exact) mass is 386 g/mol. The van der Waals surface area contributed by atoms with E-state index >= 15 is 0 Å². The van der Waals surface area contributed by atoms with E-state index in [4.69, 9.17) is 16.3 Å². The van der Waals surface area contributed by atoms with Crippen LogP contribution in [-0.4, -0.2) is 14.7 Å². The minimum atomic E-state index is -3.38. The first-order chi connectivity index (χ1) is 11.7. The maximum Gasteiger partial charge on any atom is 0.313 e. The second kappa shape index (κ2) is 7.60. The van der Waals surface area contributed by atoms with E-state index in [9.17, 15) is 29.7 Å². The first-order valence-electron chi connectivity index (χ1n) is 6.91. The predicted octanol–water partition coefficient (Wildman–Crippen LogP) is 3.60. The van der Waals surface area contributed by atoms with E-state index in [0.717, 1.165) is 18.2 Å². The van der Waals surface area contributed by atoms with Gasteiger partial charge in [0.15, 0.2) is 0 Å². The minimum absolute atomic E-state index is 0.0286. The van der Waals surface area contributed by atoms with Crippen molar-refractivity contribution in [2.75, 3.05) is 0 Å². The normalized spacial score (nSPS) is 11.8. The molecular formula is C14H12ClN2O7P. The van der Waals surface area contributed by atoms with Crippen LogP contribution in [0.25, 0.3) is 0 Å². The van der Waals surface area contributed by atoms with Crippen molar-refractivity contribution in [1.82, 2.24) is 0 Å². The number of benzene rings is 2. The van der Waals surface area contributed by atoms with Crippen molar-refractivity contribution in [3.8, 4) is 11.5 Å². The molecule has 0 aromatic heterocycles. The van der Waals surface area contributed by atoms with Crippen molar-refractivity contribution in [1.29, 1.82) is 0 Å². The highest BCUT2D eigenvalue weighted by molar-refractivity contribution is 7.47. The first kappa shape index (κ1) is 18.9. The molecule has 0 bridgehead atoms. The number of ether oxygens (including phenoxy) is 1. The van der Waals surface area contributed by atoms with Crippen molar-refractivity contribution in [3.63, 3.8) is 0 Å². The molecule has 1 unspecified atom stereocenters. The number of nitro benzene ring substituents is 2. The van der Waals surface area contributed by atoms with E-state index in [1.165, 1.54) is 12.1 Å². The largest absolute Gasteiger partial charge is 0.450 e. The van der Waals surface area contributed by atoms with Gasteiger partial charge in [-0.25, -0.2) is 0 Å². The van der Waals surface area contributed by atoms with E-state index in [1.54, 1.807) is 6.92 Å². The summed E-state index contributed by atoms with van der Waals surface area (Å²) < 4.78 is 17.0. The average Bonchev–Trinajstić information content (AvgIpc) is 2.55. The van der Waals surface area contributed by atoms with Gasteiger partial charge >= 0.3 is 5.69 Å². The van der Waals surface area contributed by atoms with E-state index in [0.29, 0.717) is 12.0 Å². The summed E-state index contributed by atoms with van der Waals surface area (Å²) in [5, 5.41) is 22.0. The topological polar surface area (TPSA) is 133 Å². The van der Waals surface area contributed by atoms with E-state index in [1.807, 2.05) is 0 Å². The van der Waals surface area contributed by atoms with Crippen molar-refractivity contribution < 1.29 is 24.0 Å². The number of nitro groups is 2. The highest BCUT2D eigenvalue weighted by atomic mass is 35.5. The summed E-state index contributed by atoms with van der Waals surface area (Å²) in [4.78, 5) is 30.1. The molecule has 11 heteroatoms. The smallest absolute Gasteiger partial charge is 0.313 e. The molecule has 0 radical (unpaired) electrons. The van der Waals surface area contributed by atoms with Crippen molar-refractivity contribution in [3.05, 3.63) is 61.1 Å². The lowest BCUT2D eigenvalue weighted by molar-refractivity contribution is -0.385. The van der Waals surface area contributed by atoms with Gasteiger partial charge in [-0.3, -0.25) is 24.8 Å². The lowest BCUT2D eigenvalue weighted by Gasteiger charge is -2.12. The van der Waals surface area contributed by atoms with Crippen LogP contribution >= 0.6 is 19.6 Å². The molecule has 132 valence electrons. The molecule has 0 spiro atoms. The molecule has 2 aromatic carbocycles. The zero-order valence-corrected chi connectivity index (χ0v) is 14.5. The molecular weight excluding hydrogens is 375 g/mol. The fourth-order valence-electron chi connectivity index (χ4n) is 2.14. The van der Waals surface area contributed by atoms with Crippen LogP contribution < -0.4 is 10.0 Å². The number of aryl methyl sites for hydroxylation is 1. The Balaban J connectivity index is 2.60. The SMILES string of the molecule is CCc1cc([N+](=O)[O-])c([PH](=O)O)cc1Oc1ccc(Cl)cc1[N+](=O)[O-]. The molecule has 0 saturated carbocycles. The number of rotatable bonds is 6. The van der Waals surface area contributed by atoms with Gasteiger partial charge in [-0.1, -0.05) is 18.5 Å². The lowest BCUT2D eigenvalue weighted by Crippen LogP contribution is -2.08. The van der Waals surface area contributed by atoms with Gasteiger partial charge in [0, 0.05) is 28.8 Å². The van der Waals surface area contributed by atoms with Crippen LogP contribution in [-0.2, 0) is 11.0 Å². The molecule has 0 aliphatic rings. The minimum Gasteiger partial charge on any atom is -0.450 e. The van der Waals surface area contributed by atoms with Crippen LogP contribution in [0.5, 0.6) is 11.5 Å². The maximum absolute atomic E-state index is 11.4. The number of hydrogen-bond acceptors (Lipinski definition) is 6. The Bertz CT molecular complexity index is 888. The third kappa shape index (κ3) is 4.14. The van der Waals surface area contributed by atoms with Crippen LogP contribution in [0, 0.1) is 20.2 Å². The van der Waals surface area contributed by atoms with Gasteiger partial charge in [-0.2, -0.15) is 0 Å². The second-order valence-electron chi connectivity index (χ2n) is 4.86. The Morgan fingerprint density at radius 1 is 1.12 bits per heavy atom. The molecule has 0 heterocycles. The van der Waals surface area contributed by atoms with E-state index in [2.05, 4.69) is 0 Å². The zero-order valence-electron chi connectivity index (χ0n) is 12.8. The Morgan fingerprint density at radius 3 is 2.28 bits per heavy atom. The fourth-order valence-corrected chi connectivity index (χ4v) is 2.95. The standard InChI is InChI=1S/C14H12ClN2O7P/c1-2-8-5-11(17(20)21)14(25(22)23)7-13(8)24-12-4-3-9(15)6-10(12)16(18)19/h3-7,25H,2H2,1H3,(H,22,23). The molecule has 2 aromatic rings. The van der Waals surface area contributed by atoms with E-state index < -0.39 is 29.2 Å². The number of halogens is 1. The molecule has 0 aliphatic carbocycles. The highest BCUT2D eigenvalue weighted by Gasteiger charge is 2.24. The molecule has 2 rings (SSSR count). The van der Waals surface area contributed by atoms with Crippen LogP contribution in [0.2, 0.25) is 5.02 Å². The first-order valence-corrected chi connectivity index (χ1v) is 8.64. The lowest BCUT2D eigenvalue weighted by atomic mass is 10.1. The molecule has 25 heavy (non-hydrogen) atoms. The molecule has 0 fully saturated rings. The highest BCUT2D eigenvalue weighted by Crippen LogP contribution is 2.37. The van der Waals surface area contributed by atoms with Gasteiger partial charge in [0.1, 0.15) is 11.1 Å². The summed E-state index contributed by atoms with van der Waals surface area (Å²) in [6.45, 7) is 1.70. The summed E-state index contributed by atoms with van der Waals surface area (Å²) in [6.07, 6.45) is 0.310. The second-order valence-corrected chi connectivity index (χ2v) is 6.45. The summed E-state index contributed by atoms with van der Waals surface area (Å²) in [5.74, 6) is -0.109. The predicted molar refractivity (Wildman–Crippen MR) is 91.5 cm³/mol. The van der Waals surface area contributed by atoms with Gasteiger partial charge in [-0.15, -0.1) is 0 Å². The third-order valence-corrected chi connectivity index (χ3v) is 4.42. The van der Waals surface area contributed by atoms with E-state index in [-0.39, 0.29) is 21.8 Å². The van der Waals surface area contributed by atoms with Crippen LogP contribution in [0.4, 0.5) is 11.4 Å². The Kier molecular flexibility index (Phi) is 5.73. The Hall–Kier alpha value is -2.48. The molecule has 0 saturated heterocycles. The summed E-state index contributed by atoms with van der Waals surface area (Å²) in [7, 11) is -3.38. The summed E-state index contributed by atoms with van der Waals surface area (Å²) in [5.41, 5.74) is -0.532. The quantitative estimate of drug-likeness (QED) is 0.455. The van der Waals surface area contributed by atoms with Gasteiger partial charge in [-0.05, 0) is 18.6 Å². The van der Waals surface area contributed by atoms with Crippen molar-refractivity contribution in [2.24, 2.45) is 0 Å². The van der Waals surface area contributed by atoms with Crippen molar-refractivity contribution >= 4 is 36.3 Å². The van der Waals surface area contributed by atoms with Gasteiger partial charge in [0.25, 0.3) is 5.69 Å². The summed E-state index contributed by atoms with van der Waals surface area (Å²) in [6, 6.07) is 5.96. The Morgan fingerprint density at radius 2 is 1.76 bits per heavy atom. The average molecular weight is 387 g/mol. The molecule has 0 amide bonds.